The average Bonchev–Trinajstić information content (AvgIpc) is 2.04. The highest BCUT2D eigenvalue weighted by atomic mass is 79.9. The van der Waals surface area contributed by atoms with E-state index in [0.29, 0.717) is 10.9 Å². The van der Waals surface area contributed by atoms with E-state index >= 15 is 0 Å². The van der Waals surface area contributed by atoms with Crippen LogP contribution in [0.2, 0.25) is 0 Å². The molecule has 1 aromatic heterocycles. The minimum absolute atomic E-state index is 0.306. The molecule has 66 valence electrons. The Morgan fingerprint density at radius 3 is 2.67 bits per heavy atom. The molecule has 0 aliphatic heterocycles. The predicted octanol–water partition coefficient (Wildman–Crippen LogP) is 2.21. The lowest BCUT2D eigenvalue weighted by Gasteiger charge is -2.03. The molecule has 0 unspecified atom stereocenters. The van der Waals surface area contributed by atoms with Gasteiger partial charge in [-0.05, 0) is 5.56 Å². The van der Waals surface area contributed by atoms with Gasteiger partial charge in [0.25, 0.3) is 6.43 Å². The van der Waals surface area contributed by atoms with Crippen LogP contribution in [-0.2, 0) is 5.33 Å². The second-order valence-corrected chi connectivity index (χ2v) is 2.76. The molecule has 0 spiro atoms. The Morgan fingerprint density at radius 1 is 1.50 bits per heavy atom. The molecular formula is C7H6BrF2NO. The van der Waals surface area contributed by atoms with Crippen LogP contribution in [0.5, 0.6) is 0 Å². The zero-order valence-electron chi connectivity index (χ0n) is 5.98. The topological polar surface area (TPSA) is 32.9 Å². The molecular weight excluding hydrogens is 232 g/mol. The lowest BCUT2D eigenvalue weighted by molar-refractivity contribution is 0.145. The third-order valence-corrected chi connectivity index (χ3v) is 2.01. The zero-order valence-corrected chi connectivity index (χ0v) is 7.57. The molecule has 0 radical (unpaired) electrons. The molecule has 1 N–H and O–H groups in total. The summed E-state index contributed by atoms with van der Waals surface area (Å²) in [5.74, 6) is 0. The molecule has 1 heterocycles. The Bertz CT molecular complexity index is 323. The fourth-order valence-electron chi connectivity index (χ4n) is 0.832. The number of nitrogens with one attached hydrogen (secondary N) is 1. The van der Waals surface area contributed by atoms with E-state index in [9.17, 15) is 13.6 Å². The van der Waals surface area contributed by atoms with Gasteiger partial charge in [-0.25, -0.2) is 8.78 Å². The molecule has 0 amide bonds. The van der Waals surface area contributed by atoms with Crippen LogP contribution in [0.25, 0.3) is 0 Å². The SMILES string of the molecule is O=c1ccc(CBr)c(C(F)F)[nH]1. The van der Waals surface area contributed by atoms with Gasteiger partial charge in [0.1, 0.15) is 0 Å². The van der Waals surface area contributed by atoms with Gasteiger partial charge in [-0.1, -0.05) is 22.0 Å². The van der Waals surface area contributed by atoms with E-state index in [0.717, 1.165) is 0 Å². The minimum atomic E-state index is -2.63. The molecule has 0 aliphatic carbocycles. The van der Waals surface area contributed by atoms with Gasteiger partial charge in [0.15, 0.2) is 0 Å². The Hall–Kier alpha value is -0.710. The molecule has 1 aromatic rings. The van der Waals surface area contributed by atoms with E-state index < -0.39 is 12.0 Å². The van der Waals surface area contributed by atoms with Gasteiger partial charge in [0.2, 0.25) is 5.56 Å². The van der Waals surface area contributed by atoms with Gasteiger partial charge in [-0.2, -0.15) is 0 Å². The molecule has 0 saturated heterocycles. The van der Waals surface area contributed by atoms with Crippen molar-refractivity contribution >= 4 is 15.9 Å². The zero-order chi connectivity index (χ0) is 9.14. The maximum Gasteiger partial charge on any atom is 0.278 e. The summed E-state index contributed by atoms with van der Waals surface area (Å²) in [6, 6.07) is 2.61. The van der Waals surface area contributed by atoms with Gasteiger partial charge in [0, 0.05) is 11.4 Å². The number of hydrogen-bond donors (Lipinski definition) is 1. The molecule has 1 rings (SSSR count). The quantitative estimate of drug-likeness (QED) is 0.787. The van der Waals surface area contributed by atoms with Gasteiger partial charge >= 0.3 is 0 Å². The highest BCUT2D eigenvalue weighted by Crippen LogP contribution is 2.20. The summed E-state index contributed by atoms with van der Waals surface area (Å²) in [5.41, 5.74) is -0.404. The normalized spacial score (nSPS) is 10.7. The number of halogens is 3. The van der Waals surface area contributed by atoms with Crippen LogP contribution < -0.4 is 5.56 Å². The number of alkyl halides is 3. The Morgan fingerprint density at radius 2 is 2.17 bits per heavy atom. The predicted molar refractivity (Wildman–Crippen MR) is 44.7 cm³/mol. The van der Waals surface area contributed by atoms with Crippen molar-refractivity contribution in [3.8, 4) is 0 Å². The third-order valence-electron chi connectivity index (χ3n) is 1.40. The molecule has 0 fully saturated rings. The third kappa shape index (κ3) is 1.91. The molecule has 0 aromatic carbocycles. The molecule has 5 heteroatoms. The van der Waals surface area contributed by atoms with E-state index in [1.807, 2.05) is 0 Å². The van der Waals surface area contributed by atoms with Crippen molar-refractivity contribution in [1.29, 1.82) is 0 Å². The Kier molecular flexibility index (Phi) is 2.97. The smallest absolute Gasteiger partial charge is 0.278 e. The first-order valence-corrected chi connectivity index (χ1v) is 4.33. The lowest BCUT2D eigenvalue weighted by Crippen LogP contribution is -2.09. The van der Waals surface area contributed by atoms with Crippen LogP contribution in [-0.4, -0.2) is 4.98 Å². The van der Waals surface area contributed by atoms with Gasteiger partial charge in [-0.3, -0.25) is 4.79 Å². The van der Waals surface area contributed by atoms with Gasteiger partial charge < -0.3 is 4.98 Å². The number of aromatic nitrogens is 1. The van der Waals surface area contributed by atoms with E-state index in [1.54, 1.807) is 0 Å². The number of H-pyrrole nitrogens is 1. The van der Waals surface area contributed by atoms with Crippen molar-refractivity contribution < 1.29 is 8.78 Å². The Balaban J connectivity index is 3.21. The largest absolute Gasteiger partial charge is 0.321 e. The first-order chi connectivity index (χ1) is 5.65. The van der Waals surface area contributed by atoms with Crippen LogP contribution >= 0.6 is 15.9 Å². The van der Waals surface area contributed by atoms with E-state index in [2.05, 4.69) is 20.9 Å². The number of hydrogen-bond acceptors (Lipinski definition) is 1. The highest BCUT2D eigenvalue weighted by molar-refractivity contribution is 9.08. The van der Waals surface area contributed by atoms with E-state index in [1.165, 1.54) is 12.1 Å². The summed E-state index contributed by atoms with van der Waals surface area (Å²) in [7, 11) is 0. The summed E-state index contributed by atoms with van der Waals surface area (Å²) in [6.45, 7) is 0. The molecule has 0 saturated carbocycles. The second-order valence-electron chi connectivity index (χ2n) is 2.20. The average molecular weight is 238 g/mol. The second kappa shape index (κ2) is 3.80. The van der Waals surface area contributed by atoms with Crippen molar-refractivity contribution in [2.45, 2.75) is 11.8 Å². The monoisotopic (exact) mass is 237 g/mol. The maximum atomic E-state index is 12.2. The first-order valence-electron chi connectivity index (χ1n) is 3.21. The fourth-order valence-corrected chi connectivity index (χ4v) is 1.32. The van der Waals surface area contributed by atoms with Crippen LogP contribution in [0.1, 0.15) is 17.7 Å². The van der Waals surface area contributed by atoms with Crippen LogP contribution in [0.15, 0.2) is 16.9 Å². The van der Waals surface area contributed by atoms with Gasteiger partial charge in [-0.15, -0.1) is 0 Å². The molecule has 0 aliphatic rings. The van der Waals surface area contributed by atoms with Crippen LogP contribution in [0.3, 0.4) is 0 Å². The van der Waals surface area contributed by atoms with Crippen molar-refractivity contribution in [2.75, 3.05) is 0 Å². The Labute approximate surface area is 75.7 Å². The molecule has 0 atom stereocenters. The van der Waals surface area contributed by atoms with Crippen LogP contribution in [0, 0.1) is 0 Å². The van der Waals surface area contributed by atoms with E-state index in [4.69, 9.17) is 0 Å². The molecule has 12 heavy (non-hydrogen) atoms. The summed E-state index contributed by atoms with van der Waals surface area (Å²) < 4.78 is 24.4. The number of aromatic amines is 1. The summed E-state index contributed by atoms with van der Waals surface area (Å²) in [4.78, 5) is 12.7. The lowest BCUT2D eigenvalue weighted by atomic mass is 10.2. The summed E-state index contributed by atoms with van der Waals surface area (Å²) in [5, 5.41) is 0.309. The van der Waals surface area contributed by atoms with E-state index in [-0.39, 0.29) is 5.69 Å². The summed E-state index contributed by atoms with van der Waals surface area (Å²) >= 11 is 3.05. The first kappa shape index (κ1) is 9.38. The fraction of sp³-hybridized carbons (Fsp3) is 0.286. The van der Waals surface area contributed by atoms with Crippen LogP contribution in [0.4, 0.5) is 8.78 Å². The molecule has 2 nitrogen and oxygen atoms in total. The number of rotatable bonds is 2. The minimum Gasteiger partial charge on any atom is -0.321 e. The summed E-state index contributed by atoms with van der Waals surface area (Å²) in [6.07, 6.45) is -2.63. The van der Waals surface area contributed by atoms with Crippen molar-refractivity contribution in [3.63, 3.8) is 0 Å². The standard InChI is InChI=1S/C7H6BrF2NO/c8-3-4-1-2-5(12)11-6(4)7(9)10/h1-2,7H,3H2,(H,11,12). The van der Waals surface area contributed by atoms with Crippen molar-refractivity contribution in [1.82, 2.24) is 4.98 Å². The van der Waals surface area contributed by atoms with Crippen molar-refractivity contribution in [3.05, 3.63) is 33.7 Å². The number of pyridine rings is 1. The molecule has 0 bridgehead atoms. The van der Waals surface area contributed by atoms with Crippen molar-refractivity contribution in [2.24, 2.45) is 0 Å². The maximum absolute atomic E-state index is 12.2. The van der Waals surface area contributed by atoms with Gasteiger partial charge in [0.05, 0.1) is 5.69 Å². The highest BCUT2D eigenvalue weighted by Gasteiger charge is 2.12.